The van der Waals surface area contributed by atoms with Gasteiger partial charge in [-0.25, -0.2) is 17.9 Å². The topological polar surface area (TPSA) is 129 Å². The summed E-state index contributed by atoms with van der Waals surface area (Å²) in [6, 6.07) is 8.50. The van der Waals surface area contributed by atoms with Gasteiger partial charge in [-0.2, -0.15) is 0 Å². The van der Waals surface area contributed by atoms with Gasteiger partial charge in [0.1, 0.15) is 5.75 Å². The number of hydrogen-bond acceptors (Lipinski definition) is 8. The number of carbonyl (C=O) groups excluding carboxylic acids is 2. The van der Waals surface area contributed by atoms with E-state index in [2.05, 4.69) is 10.0 Å². The van der Waals surface area contributed by atoms with Gasteiger partial charge in [-0.1, -0.05) is 6.92 Å². The monoisotopic (exact) mass is 466 g/mol. The molecule has 0 aliphatic heterocycles. The molecular weight excluding hydrogens is 440 g/mol. The molecule has 10 nitrogen and oxygen atoms in total. The molecule has 0 aromatic heterocycles. The number of hydrogen-bond donors (Lipinski definition) is 2. The Bertz CT molecular complexity index is 1050. The van der Waals surface area contributed by atoms with E-state index in [1.54, 1.807) is 0 Å². The maximum atomic E-state index is 12.4. The Hall–Kier alpha value is -3.31. The van der Waals surface area contributed by atoms with Gasteiger partial charge < -0.3 is 24.3 Å². The van der Waals surface area contributed by atoms with Gasteiger partial charge >= 0.3 is 5.97 Å². The Balaban J connectivity index is 2.09. The number of methoxy groups -OCH3 is 3. The van der Waals surface area contributed by atoms with Crippen molar-refractivity contribution in [2.45, 2.75) is 18.2 Å². The second-order valence-electron chi connectivity index (χ2n) is 6.45. The van der Waals surface area contributed by atoms with Crippen LogP contribution in [0.15, 0.2) is 41.3 Å². The summed E-state index contributed by atoms with van der Waals surface area (Å²) in [5.41, 5.74) is 0.235. The van der Waals surface area contributed by atoms with E-state index >= 15 is 0 Å². The number of anilines is 1. The molecule has 0 spiro atoms. The number of amides is 1. The van der Waals surface area contributed by atoms with E-state index in [0.29, 0.717) is 30.2 Å². The summed E-state index contributed by atoms with van der Waals surface area (Å²) in [5, 5.41) is 2.57. The van der Waals surface area contributed by atoms with Crippen molar-refractivity contribution in [3.8, 4) is 17.2 Å². The summed E-state index contributed by atoms with van der Waals surface area (Å²) >= 11 is 0. The molecule has 1 amide bonds. The number of ether oxygens (including phenoxy) is 4. The first-order valence-corrected chi connectivity index (χ1v) is 11.1. The zero-order chi connectivity index (χ0) is 23.7. The number of sulfonamides is 1. The van der Waals surface area contributed by atoms with Gasteiger partial charge in [0.2, 0.25) is 10.0 Å². The highest BCUT2D eigenvalue weighted by Gasteiger charge is 2.19. The Morgan fingerprint density at radius 3 is 2.16 bits per heavy atom. The van der Waals surface area contributed by atoms with Crippen LogP contribution in [0.5, 0.6) is 17.2 Å². The second-order valence-corrected chi connectivity index (χ2v) is 8.22. The summed E-state index contributed by atoms with van der Waals surface area (Å²) in [7, 11) is 0.469. The number of carbonyl (C=O) groups is 2. The van der Waals surface area contributed by atoms with Gasteiger partial charge in [0.25, 0.3) is 5.91 Å². The van der Waals surface area contributed by atoms with E-state index in [1.807, 2.05) is 6.92 Å². The van der Waals surface area contributed by atoms with E-state index in [-0.39, 0.29) is 22.8 Å². The largest absolute Gasteiger partial charge is 0.493 e. The molecule has 2 aromatic carbocycles. The minimum Gasteiger partial charge on any atom is -0.493 e. The van der Waals surface area contributed by atoms with Crippen LogP contribution in [-0.4, -0.2) is 54.8 Å². The Morgan fingerprint density at radius 2 is 1.59 bits per heavy atom. The lowest BCUT2D eigenvalue weighted by atomic mass is 10.1. The standard InChI is InChI=1S/C21H26N2O8S/c1-5-10-22-32(26,27)15-8-6-14(7-9-15)31-13-20(24)23-17-12-19(29-3)18(28-2)11-16(17)21(25)30-4/h6-9,11-12,22H,5,10,13H2,1-4H3,(H,23,24). The molecule has 0 saturated heterocycles. The van der Waals surface area contributed by atoms with Crippen LogP contribution in [0.2, 0.25) is 0 Å². The Morgan fingerprint density at radius 1 is 0.969 bits per heavy atom. The maximum absolute atomic E-state index is 12.4. The van der Waals surface area contributed by atoms with Crippen molar-refractivity contribution < 1.29 is 37.0 Å². The first kappa shape index (κ1) is 25.0. The highest BCUT2D eigenvalue weighted by atomic mass is 32.2. The van der Waals surface area contributed by atoms with Crippen LogP contribution >= 0.6 is 0 Å². The Kier molecular flexibility index (Phi) is 8.85. The number of benzene rings is 2. The normalized spacial score (nSPS) is 10.9. The first-order valence-electron chi connectivity index (χ1n) is 9.62. The molecule has 11 heteroatoms. The van der Waals surface area contributed by atoms with Crippen LogP contribution in [0.1, 0.15) is 23.7 Å². The minimum atomic E-state index is -3.59. The van der Waals surface area contributed by atoms with Crippen LogP contribution in [0, 0.1) is 0 Å². The van der Waals surface area contributed by atoms with Crippen LogP contribution in [0.3, 0.4) is 0 Å². The lowest BCUT2D eigenvalue weighted by molar-refractivity contribution is -0.118. The molecular formula is C21H26N2O8S. The van der Waals surface area contributed by atoms with Gasteiger partial charge in [0.15, 0.2) is 18.1 Å². The number of esters is 1. The molecule has 0 heterocycles. The van der Waals surface area contributed by atoms with Gasteiger partial charge in [0, 0.05) is 18.7 Å². The van der Waals surface area contributed by atoms with E-state index < -0.39 is 21.9 Å². The van der Waals surface area contributed by atoms with Gasteiger partial charge in [-0.15, -0.1) is 0 Å². The number of nitrogens with one attached hydrogen (secondary N) is 2. The molecule has 2 rings (SSSR count). The van der Waals surface area contributed by atoms with Crippen molar-refractivity contribution in [3.05, 3.63) is 42.0 Å². The summed E-state index contributed by atoms with van der Waals surface area (Å²) in [6.07, 6.45) is 0.674. The van der Waals surface area contributed by atoms with Crippen molar-refractivity contribution in [1.82, 2.24) is 4.72 Å². The van der Waals surface area contributed by atoms with Gasteiger partial charge in [-0.05, 0) is 30.7 Å². The smallest absolute Gasteiger partial charge is 0.340 e. The van der Waals surface area contributed by atoms with E-state index in [9.17, 15) is 18.0 Å². The average Bonchev–Trinajstić information content (AvgIpc) is 2.80. The van der Waals surface area contributed by atoms with Crippen molar-refractivity contribution in [2.75, 3.05) is 39.8 Å². The van der Waals surface area contributed by atoms with Crippen LogP contribution in [-0.2, 0) is 19.6 Å². The third-order valence-electron chi connectivity index (χ3n) is 4.25. The second kappa shape index (κ2) is 11.3. The molecule has 0 aliphatic rings. The molecule has 32 heavy (non-hydrogen) atoms. The molecule has 0 radical (unpaired) electrons. The molecule has 0 atom stereocenters. The fourth-order valence-electron chi connectivity index (χ4n) is 2.63. The maximum Gasteiger partial charge on any atom is 0.340 e. The van der Waals surface area contributed by atoms with Crippen LogP contribution in [0.4, 0.5) is 5.69 Å². The van der Waals surface area contributed by atoms with E-state index in [4.69, 9.17) is 18.9 Å². The molecule has 0 unspecified atom stereocenters. The summed E-state index contributed by atoms with van der Waals surface area (Å²) < 4.78 is 47.2. The molecule has 0 aliphatic carbocycles. The molecule has 0 fully saturated rings. The Labute approximate surface area is 186 Å². The molecule has 2 N–H and O–H groups in total. The van der Waals surface area contributed by atoms with Crippen LogP contribution in [0.25, 0.3) is 0 Å². The first-order chi connectivity index (χ1) is 15.2. The zero-order valence-corrected chi connectivity index (χ0v) is 19.1. The molecule has 2 aromatic rings. The fraction of sp³-hybridized carbons (Fsp3) is 0.333. The van der Waals surface area contributed by atoms with Gasteiger partial charge in [0.05, 0.1) is 37.5 Å². The quantitative estimate of drug-likeness (QED) is 0.482. The summed E-state index contributed by atoms with van der Waals surface area (Å²) in [6.45, 7) is 1.82. The highest BCUT2D eigenvalue weighted by Crippen LogP contribution is 2.33. The van der Waals surface area contributed by atoms with E-state index in [0.717, 1.165) is 0 Å². The van der Waals surface area contributed by atoms with Gasteiger partial charge in [-0.3, -0.25) is 4.79 Å². The number of rotatable bonds is 11. The minimum absolute atomic E-state index is 0.0765. The fourth-order valence-corrected chi connectivity index (χ4v) is 3.77. The lowest BCUT2D eigenvalue weighted by Gasteiger charge is -2.15. The average molecular weight is 467 g/mol. The molecule has 174 valence electrons. The van der Waals surface area contributed by atoms with Crippen molar-refractivity contribution in [2.24, 2.45) is 0 Å². The summed E-state index contributed by atoms with van der Waals surface area (Å²) in [4.78, 5) is 24.6. The predicted molar refractivity (Wildman–Crippen MR) is 117 cm³/mol. The molecule has 0 bridgehead atoms. The van der Waals surface area contributed by atoms with E-state index in [1.165, 1.54) is 57.7 Å². The van der Waals surface area contributed by atoms with Crippen molar-refractivity contribution in [1.29, 1.82) is 0 Å². The third-order valence-corrected chi connectivity index (χ3v) is 5.73. The zero-order valence-electron chi connectivity index (χ0n) is 18.3. The lowest BCUT2D eigenvalue weighted by Crippen LogP contribution is -2.24. The summed E-state index contributed by atoms with van der Waals surface area (Å²) in [5.74, 6) is -0.315. The highest BCUT2D eigenvalue weighted by molar-refractivity contribution is 7.89. The van der Waals surface area contributed by atoms with Crippen molar-refractivity contribution >= 4 is 27.6 Å². The van der Waals surface area contributed by atoms with Crippen molar-refractivity contribution in [3.63, 3.8) is 0 Å². The third kappa shape index (κ3) is 6.34. The molecule has 0 saturated carbocycles. The van der Waals surface area contributed by atoms with Crippen LogP contribution < -0.4 is 24.2 Å². The SMILES string of the molecule is CCCNS(=O)(=O)c1ccc(OCC(=O)Nc2cc(OC)c(OC)cc2C(=O)OC)cc1. The predicted octanol–water partition coefficient (Wildman–Crippen LogP) is 2.20.